The normalized spacial score (nSPS) is 25.6. The van der Waals surface area contributed by atoms with Crippen molar-refractivity contribution in [3.05, 3.63) is 22.7 Å². The van der Waals surface area contributed by atoms with Crippen LogP contribution < -0.4 is 10.2 Å². The molecule has 5 nitrogen and oxygen atoms in total. The van der Waals surface area contributed by atoms with E-state index >= 15 is 0 Å². The molecule has 0 bridgehead atoms. The molecular formula is C14H15ClN2O3. The van der Waals surface area contributed by atoms with E-state index < -0.39 is 11.7 Å². The summed E-state index contributed by atoms with van der Waals surface area (Å²) in [6.45, 7) is 5.47. The Morgan fingerprint density at radius 3 is 2.55 bits per heavy atom. The highest BCUT2D eigenvalue weighted by Crippen LogP contribution is 2.36. The number of carbonyl (C=O) groups excluding carboxylic acids is 2. The van der Waals surface area contributed by atoms with Gasteiger partial charge in [0.1, 0.15) is 0 Å². The lowest BCUT2D eigenvalue weighted by Crippen LogP contribution is -2.45. The molecule has 0 aliphatic carbocycles. The molecule has 3 rings (SSSR count). The third-order valence-electron chi connectivity index (χ3n) is 3.55. The summed E-state index contributed by atoms with van der Waals surface area (Å²) in [7, 11) is 0. The number of hydrogen-bond donors (Lipinski definition) is 1. The Bertz CT molecular complexity index is 592. The smallest absolute Gasteiger partial charge is 0.296 e. The van der Waals surface area contributed by atoms with Gasteiger partial charge in [-0.3, -0.25) is 9.59 Å². The molecule has 1 aromatic carbocycles. The van der Waals surface area contributed by atoms with Crippen molar-refractivity contribution in [3.63, 3.8) is 0 Å². The molecule has 1 aromatic rings. The van der Waals surface area contributed by atoms with E-state index in [2.05, 4.69) is 10.2 Å². The summed E-state index contributed by atoms with van der Waals surface area (Å²) in [5.74, 6) is -1.13. The Hall–Kier alpha value is -1.59. The number of amides is 1. The van der Waals surface area contributed by atoms with E-state index in [1.807, 2.05) is 13.8 Å². The largest absolute Gasteiger partial charge is 0.372 e. The first kappa shape index (κ1) is 13.4. The van der Waals surface area contributed by atoms with E-state index in [-0.39, 0.29) is 12.2 Å². The highest BCUT2D eigenvalue weighted by atomic mass is 35.5. The molecule has 2 heterocycles. The van der Waals surface area contributed by atoms with Crippen LogP contribution in [0.25, 0.3) is 0 Å². The van der Waals surface area contributed by atoms with E-state index in [9.17, 15) is 9.59 Å². The summed E-state index contributed by atoms with van der Waals surface area (Å²) in [5, 5.41) is 3.05. The summed E-state index contributed by atoms with van der Waals surface area (Å²) in [6, 6.07) is 3.34. The first-order valence-electron chi connectivity index (χ1n) is 6.55. The van der Waals surface area contributed by atoms with Gasteiger partial charge >= 0.3 is 0 Å². The molecule has 1 fully saturated rings. The molecule has 106 valence electrons. The number of Topliss-reactive ketones (excluding diaryl/α,β-unsaturated/α-hetero) is 1. The molecule has 20 heavy (non-hydrogen) atoms. The van der Waals surface area contributed by atoms with E-state index in [1.165, 1.54) is 0 Å². The lowest BCUT2D eigenvalue weighted by Gasteiger charge is -2.37. The molecule has 1 saturated heterocycles. The van der Waals surface area contributed by atoms with Crippen molar-refractivity contribution in [1.29, 1.82) is 0 Å². The second-order valence-corrected chi connectivity index (χ2v) is 5.70. The van der Waals surface area contributed by atoms with Crippen molar-refractivity contribution in [1.82, 2.24) is 0 Å². The molecule has 0 radical (unpaired) electrons. The van der Waals surface area contributed by atoms with Crippen LogP contribution in [0, 0.1) is 0 Å². The number of fused-ring (bicyclic) bond motifs is 1. The topological polar surface area (TPSA) is 58.6 Å². The van der Waals surface area contributed by atoms with Gasteiger partial charge in [-0.2, -0.15) is 0 Å². The summed E-state index contributed by atoms with van der Waals surface area (Å²) in [5.41, 5.74) is 1.70. The molecule has 2 unspecified atom stereocenters. The van der Waals surface area contributed by atoms with Gasteiger partial charge in [0, 0.05) is 13.1 Å². The highest BCUT2D eigenvalue weighted by Gasteiger charge is 2.31. The Labute approximate surface area is 121 Å². The van der Waals surface area contributed by atoms with Crippen LogP contribution in [-0.4, -0.2) is 37.0 Å². The highest BCUT2D eigenvalue weighted by molar-refractivity contribution is 6.52. The van der Waals surface area contributed by atoms with Crippen LogP contribution in [0.5, 0.6) is 0 Å². The third-order valence-corrected chi connectivity index (χ3v) is 3.85. The van der Waals surface area contributed by atoms with Crippen LogP contribution in [0.2, 0.25) is 5.02 Å². The molecule has 2 aliphatic heterocycles. The quantitative estimate of drug-likeness (QED) is 0.806. The zero-order valence-corrected chi connectivity index (χ0v) is 12.0. The number of rotatable bonds is 1. The summed E-state index contributed by atoms with van der Waals surface area (Å²) >= 11 is 6.28. The molecule has 1 N–H and O–H groups in total. The number of anilines is 2. The van der Waals surface area contributed by atoms with Crippen LogP contribution in [0.4, 0.5) is 11.4 Å². The van der Waals surface area contributed by atoms with Crippen LogP contribution in [0.1, 0.15) is 24.2 Å². The number of benzene rings is 1. The van der Waals surface area contributed by atoms with Gasteiger partial charge in [-0.15, -0.1) is 0 Å². The van der Waals surface area contributed by atoms with E-state index in [1.54, 1.807) is 12.1 Å². The minimum atomic E-state index is -0.600. The van der Waals surface area contributed by atoms with Crippen molar-refractivity contribution in [2.45, 2.75) is 26.1 Å². The molecule has 2 atom stereocenters. The zero-order chi connectivity index (χ0) is 14.4. The van der Waals surface area contributed by atoms with E-state index in [0.717, 1.165) is 18.8 Å². The predicted molar refractivity (Wildman–Crippen MR) is 76.6 cm³/mol. The van der Waals surface area contributed by atoms with Gasteiger partial charge in [0.25, 0.3) is 11.7 Å². The minimum Gasteiger partial charge on any atom is -0.372 e. The fourth-order valence-corrected chi connectivity index (χ4v) is 3.05. The number of nitrogens with one attached hydrogen (secondary N) is 1. The third kappa shape index (κ3) is 2.17. The maximum atomic E-state index is 11.6. The Balaban J connectivity index is 1.97. The van der Waals surface area contributed by atoms with Crippen LogP contribution in [-0.2, 0) is 9.53 Å². The van der Waals surface area contributed by atoms with Crippen molar-refractivity contribution >= 4 is 34.7 Å². The number of hydrogen-bond acceptors (Lipinski definition) is 4. The molecule has 2 aliphatic rings. The number of halogens is 1. The number of ether oxygens (including phenoxy) is 1. The van der Waals surface area contributed by atoms with Crippen molar-refractivity contribution in [3.8, 4) is 0 Å². The fraction of sp³-hybridized carbons (Fsp3) is 0.429. The Kier molecular flexibility index (Phi) is 3.18. The first-order chi connectivity index (χ1) is 9.45. The molecule has 0 aromatic heterocycles. The number of carbonyl (C=O) groups is 2. The average molecular weight is 295 g/mol. The van der Waals surface area contributed by atoms with E-state index in [4.69, 9.17) is 16.3 Å². The van der Waals surface area contributed by atoms with Gasteiger partial charge in [0.15, 0.2) is 0 Å². The first-order valence-corrected chi connectivity index (χ1v) is 6.93. The van der Waals surface area contributed by atoms with Crippen molar-refractivity contribution in [2.24, 2.45) is 0 Å². The zero-order valence-electron chi connectivity index (χ0n) is 11.3. The second-order valence-electron chi connectivity index (χ2n) is 5.29. The Morgan fingerprint density at radius 2 is 1.90 bits per heavy atom. The summed E-state index contributed by atoms with van der Waals surface area (Å²) in [6.07, 6.45) is 0.221. The number of nitrogens with zero attached hydrogens (tertiary/aromatic N) is 1. The van der Waals surface area contributed by atoms with Crippen molar-refractivity contribution < 1.29 is 14.3 Å². The molecule has 0 spiro atoms. The van der Waals surface area contributed by atoms with Gasteiger partial charge in [0.05, 0.1) is 34.2 Å². The van der Waals surface area contributed by atoms with Gasteiger partial charge in [-0.1, -0.05) is 11.6 Å². The second kappa shape index (κ2) is 4.75. The van der Waals surface area contributed by atoms with Crippen molar-refractivity contribution in [2.75, 3.05) is 23.3 Å². The SMILES string of the molecule is CC1CN(c2cc3c(cc2Cl)C(=O)C(=O)N3)CC(C)O1. The number of morpholine rings is 1. The monoisotopic (exact) mass is 294 g/mol. The van der Waals surface area contributed by atoms with Crippen LogP contribution in [0.3, 0.4) is 0 Å². The summed E-state index contributed by atoms with van der Waals surface area (Å²) < 4.78 is 5.70. The lowest BCUT2D eigenvalue weighted by atomic mass is 10.1. The summed E-state index contributed by atoms with van der Waals surface area (Å²) in [4.78, 5) is 25.2. The molecule has 6 heteroatoms. The average Bonchev–Trinajstić information content (AvgIpc) is 2.63. The van der Waals surface area contributed by atoms with Gasteiger partial charge in [0.2, 0.25) is 0 Å². The maximum absolute atomic E-state index is 11.6. The minimum absolute atomic E-state index is 0.110. The Morgan fingerprint density at radius 1 is 1.25 bits per heavy atom. The fourth-order valence-electron chi connectivity index (χ4n) is 2.77. The van der Waals surface area contributed by atoms with Gasteiger partial charge in [-0.05, 0) is 26.0 Å². The standard InChI is InChI=1S/C14H15ClN2O3/c1-7-5-17(6-8(2)20-7)12-4-11-9(3-10(12)15)13(18)14(19)16-11/h3-4,7-8H,5-6H2,1-2H3,(H,16,18,19). The molecule has 1 amide bonds. The van der Waals surface area contributed by atoms with Gasteiger partial charge in [-0.25, -0.2) is 0 Å². The lowest BCUT2D eigenvalue weighted by molar-refractivity contribution is -0.112. The van der Waals surface area contributed by atoms with Gasteiger partial charge < -0.3 is 15.0 Å². The van der Waals surface area contributed by atoms with Crippen LogP contribution in [0.15, 0.2) is 12.1 Å². The number of ketones is 1. The predicted octanol–water partition coefficient (Wildman–Crippen LogP) is 2.09. The maximum Gasteiger partial charge on any atom is 0.296 e. The molecule has 0 saturated carbocycles. The van der Waals surface area contributed by atoms with E-state index in [0.29, 0.717) is 16.3 Å². The molecular weight excluding hydrogens is 280 g/mol. The van der Waals surface area contributed by atoms with Crippen LogP contribution >= 0.6 is 11.6 Å².